The minimum atomic E-state index is -0.716. The van der Waals surface area contributed by atoms with Gasteiger partial charge in [0.1, 0.15) is 26.4 Å². The maximum absolute atomic E-state index is 13.7. The first-order chi connectivity index (χ1) is 26.6. The highest BCUT2D eigenvalue weighted by Gasteiger charge is 2.62. The van der Waals surface area contributed by atoms with Gasteiger partial charge in [0.2, 0.25) is 0 Å². The largest absolute Gasteiger partial charge is 0.456 e. The Bertz CT molecular complexity index is 1830. The molecule has 56 heavy (non-hydrogen) atoms. The summed E-state index contributed by atoms with van der Waals surface area (Å²) in [6.07, 6.45) is 21.9. The number of hydrogen-bond acceptors (Lipinski definition) is 9. The van der Waals surface area contributed by atoms with Gasteiger partial charge in [-0.2, -0.15) is 0 Å². The van der Waals surface area contributed by atoms with Crippen LogP contribution in [0.1, 0.15) is 105 Å². The second-order valence-corrected chi connectivity index (χ2v) is 19.9. The van der Waals surface area contributed by atoms with Gasteiger partial charge in [-0.05, 0) is 147 Å². The molecule has 0 saturated heterocycles. The molecule has 302 valence electrons. The van der Waals surface area contributed by atoms with Gasteiger partial charge in [-0.15, -0.1) is 0 Å². The molecule has 0 heterocycles. The Labute approximate surface area is 331 Å². The van der Waals surface area contributed by atoms with Gasteiger partial charge in [-0.3, -0.25) is 19.2 Å². The Morgan fingerprint density at radius 2 is 1.14 bits per heavy atom. The Balaban J connectivity index is 0.773. The van der Waals surface area contributed by atoms with Gasteiger partial charge in [0, 0.05) is 22.7 Å². The van der Waals surface area contributed by atoms with Crippen molar-refractivity contribution in [3.8, 4) is 0 Å². The van der Waals surface area contributed by atoms with Crippen LogP contribution in [-0.4, -0.2) is 61.5 Å². The summed E-state index contributed by atoms with van der Waals surface area (Å²) >= 11 is 0. The van der Waals surface area contributed by atoms with E-state index in [1.54, 1.807) is 12.2 Å². The Morgan fingerprint density at radius 3 is 1.71 bits per heavy atom. The monoisotopic (exact) mass is 768 g/mol. The summed E-state index contributed by atoms with van der Waals surface area (Å²) in [6, 6.07) is 0. The van der Waals surface area contributed by atoms with Gasteiger partial charge < -0.3 is 14.2 Å². The molecule has 9 heteroatoms. The van der Waals surface area contributed by atoms with Crippen LogP contribution >= 0.6 is 0 Å². The Kier molecular flexibility index (Phi) is 10.1. The number of ketones is 4. The molecule has 0 amide bonds. The molecule has 13 atom stereocenters. The predicted octanol–water partition coefficient (Wildman–Crippen LogP) is 7.32. The fourth-order valence-corrected chi connectivity index (χ4v) is 14.8. The lowest BCUT2D eigenvalue weighted by Crippen LogP contribution is -2.50. The molecule has 0 aromatic heterocycles. The van der Waals surface area contributed by atoms with E-state index in [0.717, 1.165) is 70.6 Å². The first-order valence-corrected chi connectivity index (χ1v) is 21.4. The summed E-state index contributed by atoms with van der Waals surface area (Å²) in [7, 11) is 0. The minimum absolute atomic E-state index is 0.0577. The summed E-state index contributed by atoms with van der Waals surface area (Å²) in [5.41, 5.74) is 1.99. The normalized spacial score (nSPS) is 43.2. The van der Waals surface area contributed by atoms with Crippen molar-refractivity contribution in [2.45, 2.75) is 105 Å². The van der Waals surface area contributed by atoms with Gasteiger partial charge >= 0.3 is 11.9 Å². The summed E-state index contributed by atoms with van der Waals surface area (Å²) in [6.45, 7) is 9.60. The van der Waals surface area contributed by atoms with Gasteiger partial charge in [-0.1, -0.05) is 57.9 Å². The van der Waals surface area contributed by atoms with Crippen LogP contribution < -0.4 is 0 Å². The highest BCUT2D eigenvalue weighted by atomic mass is 16.6. The van der Waals surface area contributed by atoms with Gasteiger partial charge in [0.15, 0.2) is 23.1 Å². The van der Waals surface area contributed by atoms with E-state index in [4.69, 9.17) is 14.2 Å². The number of fused-ring (bicyclic) bond motifs is 10. The zero-order valence-corrected chi connectivity index (χ0v) is 33.9. The third-order valence-corrected chi connectivity index (χ3v) is 17.4. The molecule has 0 aromatic rings. The SMILES string of the molecule is CC1CC2C3CCC4=CC(=O)C=CC4(C)C3CCC2(C)C1C(=O)COC(=O)COCC(=O)OCC(=O)C1CCC2C3CCC4=CC(=O)C=CC4(C)C3CCC12C. The molecule has 6 fully saturated rings. The number of carbonyl (C=O) groups excluding carboxylic acids is 6. The first-order valence-electron chi connectivity index (χ1n) is 21.4. The summed E-state index contributed by atoms with van der Waals surface area (Å²) in [4.78, 5) is 76.7. The standard InChI is InChI=1S/C47H60O9/c1-27-20-38-33-9-7-29-22-31(49)13-17-45(29,3)36(33)15-19-47(38,5)43(27)40(51)24-56-42(53)26-54-25-41(52)55-23-39(50)37-11-10-34-32-8-6-28-21-30(48)12-16-44(28,2)35(32)14-18-46(34,37)4/h12-13,16-17,21-22,27,32-38,43H,6-11,14-15,18-20,23-26H2,1-5H3. The zero-order chi connectivity index (χ0) is 39.8. The number of hydrogen-bond donors (Lipinski definition) is 0. The molecule has 0 N–H and O–H groups in total. The highest BCUT2D eigenvalue weighted by molar-refractivity contribution is 6.01. The highest BCUT2D eigenvalue weighted by Crippen LogP contribution is 2.68. The molecule has 0 bridgehead atoms. The molecule has 8 aliphatic carbocycles. The van der Waals surface area contributed by atoms with Crippen LogP contribution in [0.3, 0.4) is 0 Å². The number of carbonyl (C=O) groups is 6. The van der Waals surface area contributed by atoms with Crippen molar-refractivity contribution >= 4 is 35.1 Å². The van der Waals surface area contributed by atoms with E-state index in [0.29, 0.717) is 35.5 Å². The molecular formula is C47H60O9. The number of allylic oxidation sites excluding steroid dienone is 8. The molecule has 0 aliphatic heterocycles. The zero-order valence-electron chi connectivity index (χ0n) is 33.9. The smallest absolute Gasteiger partial charge is 0.332 e. The summed E-state index contributed by atoms with van der Waals surface area (Å²) in [5.74, 6) is 1.12. The van der Waals surface area contributed by atoms with Crippen molar-refractivity contribution in [1.82, 2.24) is 0 Å². The van der Waals surface area contributed by atoms with Gasteiger partial charge in [0.05, 0.1) is 0 Å². The first kappa shape index (κ1) is 39.4. The third kappa shape index (κ3) is 6.37. The third-order valence-electron chi connectivity index (χ3n) is 17.4. The van der Waals surface area contributed by atoms with Crippen molar-refractivity contribution in [3.63, 3.8) is 0 Å². The number of rotatable bonds is 10. The molecule has 13 unspecified atom stereocenters. The quantitative estimate of drug-likeness (QED) is 0.210. The maximum Gasteiger partial charge on any atom is 0.332 e. The van der Waals surface area contributed by atoms with E-state index in [2.05, 4.69) is 46.8 Å². The van der Waals surface area contributed by atoms with Crippen molar-refractivity contribution in [3.05, 3.63) is 47.6 Å². The van der Waals surface area contributed by atoms with Crippen LogP contribution in [0.5, 0.6) is 0 Å². The summed E-state index contributed by atoms with van der Waals surface area (Å²) < 4.78 is 16.1. The van der Waals surface area contributed by atoms with E-state index < -0.39 is 25.2 Å². The molecule has 9 nitrogen and oxygen atoms in total. The second kappa shape index (κ2) is 14.4. The van der Waals surface area contributed by atoms with E-state index in [1.807, 2.05) is 12.2 Å². The second-order valence-electron chi connectivity index (χ2n) is 19.9. The van der Waals surface area contributed by atoms with E-state index in [-0.39, 0.29) is 75.8 Å². The van der Waals surface area contributed by atoms with E-state index in [9.17, 15) is 28.8 Å². The molecule has 0 spiro atoms. The lowest BCUT2D eigenvalue weighted by molar-refractivity contribution is -0.160. The molecule has 8 aliphatic rings. The van der Waals surface area contributed by atoms with E-state index >= 15 is 0 Å². The maximum atomic E-state index is 13.7. The van der Waals surface area contributed by atoms with Crippen LogP contribution in [0, 0.1) is 74.9 Å². The van der Waals surface area contributed by atoms with Crippen LogP contribution in [0.25, 0.3) is 0 Å². The van der Waals surface area contributed by atoms with Gasteiger partial charge in [0.25, 0.3) is 0 Å². The molecule has 0 aromatic carbocycles. The predicted molar refractivity (Wildman–Crippen MR) is 208 cm³/mol. The Hall–Kier alpha value is -3.46. The summed E-state index contributed by atoms with van der Waals surface area (Å²) in [5, 5.41) is 0. The van der Waals surface area contributed by atoms with Crippen LogP contribution in [0.2, 0.25) is 0 Å². The molecule has 6 saturated carbocycles. The molecule has 0 radical (unpaired) electrons. The topological polar surface area (TPSA) is 130 Å². The number of esters is 2. The van der Waals surface area contributed by atoms with Crippen molar-refractivity contribution in [1.29, 1.82) is 0 Å². The lowest BCUT2D eigenvalue weighted by Gasteiger charge is -2.56. The molecule has 8 rings (SSSR count). The fraction of sp³-hybridized carbons (Fsp3) is 0.702. The van der Waals surface area contributed by atoms with Gasteiger partial charge in [-0.25, -0.2) is 9.59 Å². The van der Waals surface area contributed by atoms with Crippen molar-refractivity contribution < 1.29 is 43.0 Å². The molecular weight excluding hydrogens is 709 g/mol. The number of ether oxygens (including phenoxy) is 3. The minimum Gasteiger partial charge on any atom is -0.456 e. The van der Waals surface area contributed by atoms with Crippen LogP contribution in [-0.2, 0) is 43.0 Å². The average molecular weight is 769 g/mol. The van der Waals surface area contributed by atoms with Crippen molar-refractivity contribution in [2.24, 2.45) is 74.9 Å². The van der Waals surface area contributed by atoms with Crippen LogP contribution in [0.15, 0.2) is 47.6 Å². The van der Waals surface area contributed by atoms with Crippen molar-refractivity contribution in [2.75, 3.05) is 26.4 Å². The Morgan fingerprint density at radius 1 is 0.625 bits per heavy atom. The lowest BCUT2D eigenvalue weighted by atomic mass is 9.47. The van der Waals surface area contributed by atoms with E-state index in [1.165, 1.54) is 11.1 Å². The van der Waals surface area contributed by atoms with Crippen LogP contribution in [0.4, 0.5) is 0 Å². The average Bonchev–Trinajstić information content (AvgIpc) is 3.66. The fourth-order valence-electron chi connectivity index (χ4n) is 14.8. The number of Topliss-reactive ketones (excluding diaryl/α,β-unsaturated/α-hetero) is 2.